The maximum atomic E-state index is 12.4. The van der Waals surface area contributed by atoms with E-state index in [-0.39, 0.29) is 11.5 Å². The van der Waals surface area contributed by atoms with Crippen LogP contribution < -0.4 is 14.2 Å². The molecule has 1 heterocycles. The van der Waals surface area contributed by atoms with Gasteiger partial charge in [0.15, 0.2) is 17.3 Å². The van der Waals surface area contributed by atoms with Crippen molar-refractivity contribution in [3.8, 4) is 17.2 Å². The first kappa shape index (κ1) is 17.0. The van der Waals surface area contributed by atoms with Crippen molar-refractivity contribution in [1.82, 2.24) is 0 Å². The first-order valence-electron chi connectivity index (χ1n) is 7.79. The quantitative estimate of drug-likeness (QED) is 0.597. The molecule has 0 unspecified atom stereocenters. The summed E-state index contributed by atoms with van der Waals surface area (Å²) < 4.78 is 40.4. The van der Waals surface area contributed by atoms with Gasteiger partial charge in [0, 0.05) is 17.5 Å². The average molecular weight is 346 g/mol. The molecule has 2 aromatic carbocycles. The minimum Gasteiger partial charge on any atom is -0.490 e. The number of carbonyl (C=O) groups is 1. The molecule has 0 atom stereocenters. The van der Waals surface area contributed by atoms with E-state index in [0.717, 1.165) is 6.42 Å². The van der Waals surface area contributed by atoms with E-state index >= 15 is 0 Å². The van der Waals surface area contributed by atoms with Crippen LogP contribution in [0.4, 0.5) is 8.78 Å². The summed E-state index contributed by atoms with van der Waals surface area (Å²) in [5.74, 6) is 0.870. The monoisotopic (exact) mass is 346 g/mol. The van der Waals surface area contributed by atoms with E-state index < -0.39 is 6.61 Å². The molecule has 1 aliphatic heterocycles. The lowest BCUT2D eigenvalue weighted by Crippen LogP contribution is -2.03. The number of fused-ring (bicyclic) bond motifs is 1. The molecule has 0 saturated carbocycles. The second kappa shape index (κ2) is 7.79. The minimum absolute atomic E-state index is 0.0141. The molecule has 0 fully saturated rings. The lowest BCUT2D eigenvalue weighted by molar-refractivity contribution is -0.0499. The van der Waals surface area contributed by atoms with E-state index in [9.17, 15) is 13.6 Å². The molecule has 3 rings (SSSR count). The lowest BCUT2D eigenvalue weighted by Gasteiger charge is -2.08. The van der Waals surface area contributed by atoms with E-state index in [1.807, 2.05) is 0 Å². The maximum Gasteiger partial charge on any atom is 0.387 e. The molecule has 0 N–H and O–H groups in total. The third kappa shape index (κ3) is 4.35. The van der Waals surface area contributed by atoms with E-state index in [1.165, 1.54) is 18.2 Å². The van der Waals surface area contributed by atoms with E-state index in [4.69, 9.17) is 9.47 Å². The van der Waals surface area contributed by atoms with Gasteiger partial charge < -0.3 is 14.2 Å². The zero-order valence-electron chi connectivity index (χ0n) is 13.3. The Morgan fingerprint density at radius 1 is 1.08 bits per heavy atom. The van der Waals surface area contributed by atoms with Gasteiger partial charge in [0.1, 0.15) is 5.75 Å². The van der Waals surface area contributed by atoms with Crippen molar-refractivity contribution in [1.29, 1.82) is 0 Å². The van der Waals surface area contributed by atoms with Crippen LogP contribution in [-0.4, -0.2) is 25.6 Å². The number of halogens is 2. The molecule has 1 aliphatic rings. The third-order valence-corrected chi connectivity index (χ3v) is 3.58. The summed E-state index contributed by atoms with van der Waals surface area (Å²) in [5, 5.41) is 0. The Morgan fingerprint density at radius 2 is 1.84 bits per heavy atom. The Kier molecular flexibility index (Phi) is 5.28. The maximum absolute atomic E-state index is 12.4. The van der Waals surface area contributed by atoms with Gasteiger partial charge >= 0.3 is 6.61 Å². The van der Waals surface area contributed by atoms with Crippen LogP contribution in [0.5, 0.6) is 17.2 Å². The summed E-state index contributed by atoms with van der Waals surface area (Å²) in [5.41, 5.74) is 0.818. The summed E-state index contributed by atoms with van der Waals surface area (Å²) in [4.78, 5) is 12.4. The van der Waals surface area contributed by atoms with Gasteiger partial charge in [-0.25, -0.2) is 0 Å². The number of hydrogen-bond acceptors (Lipinski definition) is 4. The molecule has 0 radical (unpaired) electrons. The second-order valence-electron chi connectivity index (χ2n) is 5.33. The lowest BCUT2D eigenvalue weighted by atomic mass is 10.1. The summed E-state index contributed by atoms with van der Waals surface area (Å²) in [6, 6.07) is 11.2. The number of benzene rings is 2. The fourth-order valence-electron chi connectivity index (χ4n) is 2.40. The van der Waals surface area contributed by atoms with Crippen molar-refractivity contribution in [3.05, 3.63) is 59.7 Å². The topological polar surface area (TPSA) is 44.8 Å². The Labute approximate surface area is 143 Å². The van der Waals surface area contributed by atoms with E-state index in [2.05, 4.69) is 4.74 Å². The van der Waals surface area contributed by atoms with Crippen molar-refractivity contribution in [3.63, 3.8) is 0 Å². The van der Waals surface area contributed by atoms with Crippen LogP contribution in [0.25, 0.3) is 6.08 Å². The molecule has 6 heteroatoms. The fraction of sp³-hybridized carbons (Fsp3) is 0.211. The Bertz CT molecular complexity index is 787. The van der Waals surface area contributed by atoms with Gasteiger partial charge in [-0.3, -0.25) is 4.79 Å². The molecule has 0 amide bonds. The predicted molar refractivity (Wildman–Crippen MR) is 88.5 cm³/mol. The van der Waals surface area contributed by atoms with Gasteiger partial charge in [-0.1, -0.05) is 18.2 Å². The highest BCUT2D eigenvalue weighted by atomic mass is 19.3. The van der Waals surface area contributed by atoms with Crippen LogP contribution in [0.2, 0.25) is 0 Å². The Morgan fingerprint density at radius 3 is 2.64 bits per heavy atom. The minimum atomic E-state index is -2.92. The number of ether oxygens (including phenoxy) is 3. The largest absolute Gasteiger partial charge is 0.490 e. The van der Waals surface area contributed by atoms with Crippen molar-refractivity contribution < 1.29 is 27.8 Å². The van der Waals surface area contributed by atoms with Crippen LogP contribution >= 0.6 is 0 Å². The molecule has 0 aliphatic carbocycles. The number of para-hydroxylation sites is 1. The third-order valence-electron chi connectivity index (χ3n) is 3.58. The van der Waals surface area contributed by atoms with Crippen LogP contribution in [0, 0.1) is 0 Å². The van der Waals surface area contributed by atoms with Crippen LogP contribution in [0.15, 0.2) is 48.5 Å². The highest BCUT2D eigenvalue weighted by Gasteiger charge is 2.13. The highest BCUT2D eigenvalue weighted by molar-refractivity contribution is 6.07. The van der Waals surface area contributed by atoms with Crippen molar-refractivity contribution >= 4 is 11.9 Å². The van der Waals surface area contributed by atoms with Crippen molar-refractivity contribution in [2.45, 2.75) is 13.0 Å². The first-order chi connectivity index (χ1) is 12.1. The SMILES string of the molecule is O=C(/C=C/c1ccccc1OC(F)F)c1ccc2c(c1)OCCCO2. The predicted octanol–water partition coefficient (Wildman–Crippen LogP) is 4.35. The Balaban J connectivity index is 1.78. The Hall–Kier alpha value is -2.89. The molecule has 25 heavy (non-hydrogen) atoms. The van der Waals surface area contributed by atoms with Crippen molar-refractivity contribution in [2.24, 2.45) is 0 Å². The molecule has 0 saturated heterocycles. The highest BCUT2D eigenvalue weighted by Crippen LogP contribution is 2.30. The summed E-state index contributed by atoms with van der Waals surface area (Å²) in [6.45, 7) is -1.83. The zero-order valence-corrected chi connectivity index (χ0v) is 13.3. The summed E-state index contributed by atoms with van der Waals surface area (Å²) in [6.07, 6.45) is 3.54. The number of alkyl halides is 2. The normalized spacial score (nSPS) is 13.7. The molecule has 0 bridgehead atoms. The number of rotatable bonds is 5. The molecule has 130 valence electrons. The van der Waals surface area contributed by atoms with Gasteiger partial charge in [-0.15, -0.1) is 0 Å². The van der Waals surface area contributed by atoms with Gasteiger partial charge in [0.2, 0.25) is 0 Å². The van der Waals surface area contributed by atoms with Crippen molar-refractivity contribution in [2.75, 3.05) is 13.2 Å². The molecular weight excluding hydrogens is 330 g/mol. The number of ketones is 1. The number of allylic oxidation sites excluding steroid dienone is 1. The molecular formula is C19H16F2O4. The molecule has 2 aromatic rings. The van der Waals surface area contributed by atoms with Gasteiger partial charge in [0.05, 0.1) is 13.2 Å². The van der Waals surface area contributed by atoms with E-state index in [1.54, 1.807) is 36.4 Å². The number of carbonyl (C=O) groups excluding carboxylic acids is 1. The van der Waals surface area contributed by atoms with Crippen LogP contribution in [0.3, 0.4) is 0 Å². The van der Waals surface area contributed by atoms with Gasteiger partial charge in [-0.2, -0.15) is 8.78 Å². The van der Waals surface area contributed by atoms with Gasteiger partial charge in [0.25, 0.3) is 0 Å². The standard InChI is InChI=1S/C19H16F2O4/c20-19(21)25-16-5-2-1-4-13(16)6-8-15(22)14-7-9-17-18(12-14)24-11-3-10-23-17/h1-2,4-9,12,19H,3,10-11H2/b8-6+. The fourth-order valence-corrected chi connectivity index (χ4v) is 2.40. The van der Waals surface area contributed by atoms with Crippen LogP contribution in [-0.2, 0) is 0 Å². The molecule has 0 spiro atoms. The first-order valence-corrected chi connectivity index (χ1v) is 7.79. The molecule has 0 aromatic heterocycles. The summed E-state index contributed by atoms with van der Waals surface area (Å²) in [7, 11) is 0. The molecule has 4 nitrogen and oxygen atoms in total. The van der Waals surface area contributed by atoms with E-state index in [0.29, 0.717) is 35.8 Å². The smallest absolute Gasteiger partial charge is 0.387 e. The number of hydrogen-bond donors (Lipinski definition) is 0. The zero-order chi connectivity index (χ0) is 17.6. The average Bonchev–Trinajstić information content (AvgIpc) is 2.85. The summed E-state index contributed by atoms with van der Waals surface area (Å²) >= 11 is 0. The van der Waals surface area contributed by atoms with Gasteiger partial charge in [-0.05, 0) is 36.4 Å². The second-order valence-corrected chi connectivity index (χ2v) is 5.33. The van der Waals surface area contributed by atoms with Crippen LogP contribution in [0.1, 0.15) is 22.3 Å².